The minimum absolute atomic E-state index is 0.317. The predicted octanol–water partition coefficient (Wildman–Crippen LogP) is 4.75. The lowest BCUT2D eigenvalue weighted by molar-refractivity contribution is 0.0908. The number of hydrogen-bond acceptors (Lipinski definition) is 2. The fraction of sp³-hybridized carbons (Fsp3) is 0.500. The number of aromatic nitrogens is 2. The van der Waals surface area contributed by atoms with Gasteiger partial charge < -0.3 is 9.30 Å². The third-order valence-electron chi connectivity index (χ3n) is 3.05. The first-order valence-corrected chi connectivity index (χ1v) is 10.8. The lowest BCUT2D eigenvalue weighted by Gasteiger charge is -2.24. The molecular weight excluding hydrogens is 351 g/mol. The molecule has 0 spiro atoms. The van der Waals surface area contributed by atoms with Gasteiger partial charge in [-0.1, -0.05) is 23.2 Å². The van der Waals surface area contributed by atoms with Crippen molar-refractivity contribution in [2.24, 2.45) is 0 Å². The van der Waals surface area contributed by atoms with E-state index < -0.39 is 10.0 Å². The highest BCUT2D eigenvalue weighted by Gasteiger charge is 2.13. The summed E-state index contributed by atoms with van der Waals surface area (Å²) < 4.78 is 7.73. The maximum Gasteiger partial charge on any atom is 0.126 e. The van der Waals surface area contributed by atoms with E-state index in [2.05, 4.69) is 23.8 Å². The molecule has 0 aliphatic heterocycles. The molecule has 0 aliphatic rings. The van der Waals surface area contributed by atoms with Crippen LogP contribution in [-0.4, -0.2) is 40.7 Å². The molecule has 21 heavy (non-hydrogen) atoms. The molecule has 0 saturated carbocycles. The second kappa shape index (κ2) is 6.97. The Labute approximate surface area is 141 Å². The number of imidazole rings is 1. The van der Waals surface area contributed by atoms with Crippen molar-refractivity contribution in [1.82, 2.24) is 9.55 Å². The standard InChI is InChI=1S/C14H19Cl3N2OS/c1-21(2,3)5-4-20-9-19-13-7-11(17)10(16)6-12(13)18-14(19)8-15/h6-7H,4-5,8-9H2,1-3H3. The highest BCUT2D eigenvalue weighted by molar-refractivity contribution is 8.32. The van der Waals surface area contributed by atoms with E-state index in [1.165, 1.54) is 0 Å². The monoisotopic (exact) mass is 368 g/mol. The average molecular weight is 370 g/mol. The van der Waals surface area contributed by atoms with Crippen molar-refractivity contribution in [2.45, 2.75) is 12.6 Å². The number of rotatable bonds is 6. The van der Waals surface area contributed by atoms with Crippen LogP contribution in [0.2, 0.25) is 10.0 Å². The number of ether oxygens (including phenoxy) is 1. The first-order chi connectivity index (χ1) is 9.81. The third-order valence-corrected chi connectivity index (χ3v) is 5.40. The minimum atomic E-state index is -0.550. The molecule has 7 heteroatoms. The molecule has 0 atom stereocenters. The summed E-state index contributed by atoms with van der Waals surface area (Å²) in [4.78, 5) is 4.47. The van der Waals surface area contributed by atoms with Crippen LogP contribution in [0.15, 0.2) is 12.1 Å². The Bertz CT molecular complexity index is 637. The summed E-state index contributed by atoms with van der Waals surface area (Å²) in [5, 5.41) is 0.998. The maximum absolute atomic E-state index is 6.09. The molecule has 3 nitrogen and oxygen atoms in total. The van der Waals surface area contributed by atoms with Crippen molar-refractivity contribution in [3.63, 3.8) is 0 Å². The molecule has 0 fully saturated rings. The lowest BCUT2D eigenvalue weighted by Crippen LogP contribution is -2.11. The van der Waals surface area contributed by atoms with Crippen LogP contribution in [0.5, 0.6) is 0 Å². The average Bonchev–Trinajstić information content (AvgIpc) is 2.71. The van der Waals surface area contributed by atoms with Gasteiger partial charge in [0.15, 0.2) is 0 Å². The summed E-state index contributed by atoms with van der Waals surface area (Å²) in [5.74, 6) is 2.15. The summed E-state index contributed by atoms with van der Waals surface area (Å²) in [6, 6.07) is 3.56. The van der Waals surface area contributed by atoms with Gasteiger partial charge in [-0.2, -0.15) is 0 Å². The molecule has 0 unspecified atom stereocenters. The maximum atomic E-state index is 6.09. The van der Waals surface area contributed by atoms with E-state index in [4.69, 9.17) is 39.5 Å². The summed E-state index contributed by atoms with van der Waals surface area (Å²) in [6.45, 7) is 1.15. The number of benzene rings is 1. The fourth-order valence-electron chi connectivity index (χ4n) is 1.88. The van der Waals surface area contributed by atoms with Gasteiger partial charge >= 0.3 is 0 Å². The smallest absolute Gasteiger partial charge is 0.126 e. The molecule has 0 bridgehead atoms. The lowest BCUT2D eigenvalue weighted by atomic mass is 10.3. The first-order valence-electron chi connectivity index (χ1n) is 6.45. The minimum Gasteiger partial charge on any atom is -0.360 e. The summed E-state index contributed by atoms with van der Waals surface area (Å²) in [6.07, 6.45) is 6.82. The zero-order valence-corrected chi connectivity index (χ0v) is 15.4. The van der Waals surface area contributed by atoms with E-state index in [0.29, 0.717) is 22.7 Å². The van der Waals surface area contributed by atoms with E-state index in [1.54, 1.807) is 12.1 Å². The SMILES string of the molecule is CS(C)(C)CCOCn1c(CCl)nc2cc(Cl)c(Cl)cc21. The molecule has 1 aromatic heterocycles. The molecule has 2 rings (SSSR count). The Morgan fingerprint density at radius 2 is 1.86 bits per heavy atom. The zero-order valence-electron chi connectivity index (χ0n) is 12.3. The van der Waals surface area contributed by atoms with Gasteiger partial charge in [-0.3, -0.25) is 0 Å². The van der Waals surface area contributed by atoms with Gasteiger partial charge in [0, 0.05) is 5.75 Å². The molecular formula is C14H19Cl3N2OS. The van der Waals surface area contributed by atoms with Crippen LogP contribution in [0.3, 0.4) is 0 Å². The zero-order chi connectivity index (χ0) is 15.6. The van der Waals surface area contributed by atoms with Crippen molar-refractivity contribution in [2.75, 3.05) is 31.1 Å². The quantitative estimate of drug-likeness (QED) is 0.542. The van der Waals surface area contributed by atoms with Crippen LogP contribution >= 0.6 is 44.8 Å². The van der Waals surface area contributed by atoms with Gasteiger partial charge in [0.1, 0.15) is 12.6 Å². The normalized spacial score (nSPS) is 13.0. The van der Waals surface area contributed by atoms with E-state index >= 15 is 0 Å². The highest BCUT2D eigenvalue weighted by Crippen LogP contribution is 2.33. The van der Waals surface area contributed by atoms with E-state index in [1.807, 2.05) is 4.57 Å². The van der Waals surface area contributed by atoms with Crippen LogP contribution in [0.25, 0.3) is 11.0 Å². The highest BCUT2D eigenvalue weighted by atomic mass is 35.5. The molecule has 2 aromatic rings. The molecule has 0 radical (unpaired) electrons. The van der Waals surface area contributed by atoms with Gasteiger partial charge in [0.05, 0.1) is 33.6 Å². The van der Waals surface area contributed by atoms with Crippen molar-refractivity contribution >= 4 is 55.9 Å². The molecule has 0 saturated heterocycles. The largest absolute Gasteiger partial charge is 0.360 e. The Kier molecular flexibility index (Phi) is 5.71. The summed E-state index contributed by atoms with van der Waals surface area (Å²) in [5.41, 5.74) is 1.67. The van der Waals surface area contributed by atoms with Gasteiger partial charge in [-0.05, 0) is 30.9 Å². The molecule has 0 amide bonds. The van der Waals surface area contributed by atoms with Crippen molar-refractivity contribution in [3.8, 4) is 0 Å². The number of alkyl halides is 1. The fourth-order valence-corrected chi connectivity index (χ4v) is 3.02. The molecule has 1 heterocycles. The number of halogens is 3. The van der Waals surface area contributed by atoms with Gasteiger partial charge in [-0.25, -0.2) is 15.0 Å². The Morgan fingerprint density at radius 3 is 2.48 bits per heavy atom. The summed E-state index contributed by atoms with van der Waals surface area (Å²) in [7, 11) is -0.550. The number of nitrogens with zero attached hydrogens (tertiary/aromatic N) is 2. The van der Waals surface area contributed by atoms with E-state index in [-0.39, 0.29) is 0 Å². The second-order valence-corrected chi connectivity index (χ2v) is 11.3. The van der Waals surface area contributed by atoms with Crippen molar-refractivity contribution in [3.05, 3.63) is 28.0 Å². The van der Waals surface area contributed by atoms with Crippen molar-refractivity contribution in [1.29, 1.82) is 0 Å². The number of fused-ring (bicyclic) bond motifs is 1. The molecule has 118 valence electrons. The second-order valence-electron chi connectivity index (χ2n) is 5.68. The van der Waals surface area contributed by atoms with Gasteiger partial charge in [0.2, 0.25) is 0 Å². The molecule has 0 aliphatic carbocycles. The molecule has 1 aromatic carbocycles. The van der Waals surface area contributed by atoms with Crippen LogP contribution in [0.1, 0.15) is 5.82 Å². The Hall–Kier alpha value is -0.130. The summed E-state index contributed by atoms with van der Waals surface area (Å²) >= 11 is 18.1. The topological polar surface area (TPSA) is 27.1 Å². The Morgan fingerprint density at radius 1 is 1.19 bits per heavy atom. The van der Waals surface area contributed by atoms with Crippen molar-refractivity contribution < 1.29 is 4.74 Å². The van der Waals surface area contributed by atoms with Crippen LogP contribution in [0.4, 0.5) is 0 Å². The van der Waals surface area contributed by atoms with Gasteiger partial charge in [0.25, 0.3) is 0 Å². The Balaban J connectivity index is 2.19. The first kappa shape index (κ1) is 17.2. The van der Waals surface area contributed by atoms with Gasteiger partial charge in [-0.15, -0.1) is 11.6 Å². The predicted molar refractivity (Wildman–Crippen MR) is 95.5 cm³/mol. The van der Waals surface area contributed by atoms with Crippen LogP contribution < -0.4 is 0 Å². The van der Waals surface area contributed by atoms with E-state index in [0.717, 1.165) is 29.2 Å². The third kappa shape index (κ3) is 4.42. The number of hydrogen-bond donors (Lipinski definition) is 0. The van der Waals surface area contributed by atoms with Crippen LogP contribution in [0, 0.1) is 0 Å². The molecule has 0 N–H and O–H groups in total. The van der Waals surface area contributed by atoms with E-state index in [9.17, 15) is 0 Å². The van der Waals surface area contributed by atoms with Crippen LogP contribution in [-0.2, 0) is 17.3 Å².